The van der Waals surface area contributed by atoms with Crippen molar-refractivity contribution in [1.29, 1.82) is 0 Å². The lowest BCUT2D eigenvalue weighted by molar-refractivity contribution is -0.147. The molecule has 2 saturated heterocycles. The second-order valence-electron chi connectivity index (χ2n) is 5.98. The molecule has 3 rings (SSSR count). The number of amides is 1. The number of likely N-dealkylation sites (tertiary alicyclic amines) is 2. The largest absolute Gasteiger partial charge is 0.401 e. The Morgan fingerprint density at radius 2 is 2.09 bits per heavy atom. The molecule has 0 radical (unpaired) electrons. The fourth-order valence-corrected chi connectivity index (χ4v) is 3.36. The highest BCUT2D eigenvalue weighted by atomic mass is 19.4. The summed E-state index contributed by atoms with van der Waals surface area (Å²) in [7, 11) is 0. The number of halogens is 3. The molecule has 3 heterocycles. The Morgan fingerprint density at radius 3 is 2.73 bits per heavy atom. The summed E-state index contributed by atoms with van der Waals surface area (Å²) < 4.78 is 37.7. The van der Waals surface area contributed by atoms with E-state index in [0.717, 1.165) is 6.42 Å². The molecular weight excluding hydrogens is 297 g/mol. The van der Waals surface area contributed by atoms with Crippen molar-refractivity contribution in [2.24, 2.45) is 5.92 Å². The third-order valence-electron chi connectivity index (χ3n) is 4.23. The van der Waals surface area contributed by atoms with E-state index in [1.165, 1.54) is 11.1 Å². The lowest BCUT2D eigenvalue weighted by Crippen LogP contribution is -2.46. The Labute approximate surface area is 125 Å². The van der Waals surface area contributed by atoms with Gasteiger partial charge in [-0.1, -0.05) is 0 Å². The van der Waals surface area contributed by atoms with Gasteiger partial charge in [0, 0.05) is 31.9 Å². The number of aromatic nitrogens is 1. The van der Waals surface area contributed by atoms with Crippen LogP contribution in [0.5, 0.6) is 0 Å². The van der Waals surface area contributed by atoms with E-state index in [4.69, 9.17) is 5.73 Å². The molecule has 0 aromatic carbocycles. The van der Waals surface area contributed by atoms with Crippen LogP contribution in [0.4, 0.5) is 19.0 Å². The summed E-state index contributed by atoms with van der Waals surface area (Å²) in [6.07, 6.45) is -2.07. The van der Waals surface area contributed by atoms with Gasteiger partial charge in [-0.2, -0.15) is 13.2 Å². The normalized spacial score (nSPS) is 25.5. The molecular formula is C14H17F3N4O. The first-order chi connectivity index (χ1) is 10.3. The monoisotopic (exact) mass is 314 g/mol. The van der Waals surface area contributed by atoms with E-state index in [9.17, 15) is 18.0 Å². The second kappa shape index (κ2) is 5.42. The van der Waals surface area contributed by atoms with E-state index in [1.54, 1.807) is 17.0 Å². The molecule has 0 saturated carbocycles. The highest BCUT2D eigenvalue weighted by Gasteiger charge is 2.44. The van der Waals surface area contributed by atoms with Gasteiger partial charge < -0.3 is 10.6 Å². The van der Waals surface area contributed by atoms with E-state index in [2.05, 4.69) is 4.98 Å². The highest BCUT2D eigenvalue weighted by molar-refractivity contribution is 5.94. The summed E-state index contributed by atoms with van der Waals surface area (Å²) in [5.41, 5.74) is 5.90. The lowest BCUT2D eigenvalue weighted by atomic mass is 9.99. The van der Waals surface area contributed by atoms with Crippen molar-refractivity contribution in [2.45, 2.75) is 18.6 Å². The number of carbonyl (C=O) groups is 1. The lowest BCUT2D eigenvalue weighted by Gasteiger charge is -2.33. The molecule has 2 unspecified atom stereocenters. The van der Waals surface area contributed by atoms with Crippen LogP contribution in [0.25, 0.3) is 0 Å². The molecule has 0 spiro atoms. The number of anilines is 1. The summed E-state index contributed by atoms with van der Waals surface area (Å²) >= 11 is 0. The Balaban J connectivity index is 1.68. The van der Waals surface area contributed by atoms with Crippen molar-refractivity contribution in [1.82, 2.24) is 14.8 Å². The first kappa shape index (κ1) is 15.1. The smallest absolute Gasteiger partial charge is 0.384 e. The van der Waals surface area contributed by atoms with Gasteiger partial charge in [-0.3, -0.25) is 9.69 Å². The molecule has 2 aliphatic rings. The minimum atomic E-state index is -4.20. The van der Waals surface area contributed by atoms with E-state index in [-0.39, 0.29) is 17.9 Å². The summed E-state index contributed by atoms with van der Waals surface area (Å²) in [4.78, 5) is 19.4. The summed E-state index contributed by atoms with van der Waals surface area (Å²) in [5, 5.41) is 0. The molecule has 1 aromatic rings. The molecule has 22 heavy (non-hydrogen) atoms. The number of fused-ring (bicyclic) bond motifs is 2. The van der Waals surface area contributed by atoms with Gasteiger partial charge in [0.05, 0.1) is 12.1 Å². The quantitative estimate of drug-likeness (QED) is 0.896. The maximum absolute atomic E-state index is 12.6. The van der Waals surface area contributed by atoms with Crippen LogP contribution in [0.15, 0.2) is 18.3 Å². The third-order valence-corrected chi connectivity index (χ3v) is 4.23. The van der Waals surface area contributed by atoms with Gasteiger partial charge in [-0.15, -0.1) is 0 Å². The topological polar surface area (TPSA) is 62.5 Å². The molecule has 2 atom stereocenters. The highest BCUT2D eigenvalue weighted by Crippen LogP contribution is 2.32. The van der Waals surface area contributed by atoms with Gasteiger partial charge >= 0.3 is 6.18 Å². The van der Waals surface area contributed by atoms with Crippen LogP contribution in [-0.4, -0.2) is 59.1 Å². The zero-order chi connectivity index (χ0) is 15.9. The van der Waals surface area contributed by atoms with Gasteiger partial charge in [0.25, 0.3) is 5.91 Å². The summed E-state index contributed by atoms with van der Waals surface area (Å²) in [6, 6.07) is 2.92. The summed E-state index contributed by atoms with van der Waals surface area (Å²) in [5.74, 6) is 0.231. The number of hydrogen-bond acceptors (Lipinski definition) is 4. The number of nitrogens with zero attached hydrogens (tertiary/aromatic N) is 3. The fourth-order valence-electron chi connectivity index (χ4n) is 3.36. The Bertz CT molecular complexity index is 560. The molecule has 2 aliphatic heterocycles. The average Bonchev–Trinajstić information content (AvgIpc) is 2.71. The van der Waals surface area contributed by atoms with Crippen LogP contribution < -0.4 is 5.73 Å². The number of pyridine rings is 1. The Hall–Kier alpha value is -1.83. The van der Waals surface area contributed by atoms with Crippen molar-refractivity contribution in [3.8, 4) is 0 Å². The van der Waals surface area contributed by atoms with Crippen LogP contribution in [0.2, 0.25) is 0 Å². The second-order valence-corrected chi connectivity index (χ2v) is 5.98. The van der Waals surface area contributed by atoms with Crippen molar-refractivity contribution in [2.75, 3.05) is 31.9 Å². The average molecular weight is 314 g/mol. The van der Waals surface area contributed by atoms with Crippen LogP contribution >= 0.6 is 0 Å². The first-order valence-electron chi connectivity index (χ1n) is 7.13. The van der Waals surface area contributed by atoms with E-state index in [1.807, 2.05) is 0 Å². The van der Waals surface area contributed by atoms with Crippen molar-refractivity contribution < 1.29 is 18.0 Å². The van der Waals surface area contributed by atoms with Crippen molar-refractivity contribution in [3.05, 3.63) is 23.9 Å². The SMILES string of the molecule is Nc1ccc(C(=O)N2CC3CC(C2)N(CC(F)(F)F)C3)cn1. The third kappa shape index (κ3) is 3.16. The number of alkyl halides is 3. The van der Waals surface area contributed by atoms with Crippen LogP contribution in [-0.2, 0) is 0 Å². The molecule has 1 amide bonds. The molecule has 2 bridgehead atoms. The molecule has 2 N–H and O–H groups in total. The molecule has 1 aromatic heterocycles. The fraction of sp³-hybridized carbons (Fsp3) is 0.571. The summed E-state index contributed by atoms with van der Waals surface area (Å²) in [6.45, 7) is 0.317. The van der Waals surface area contributed by atoms with Gasteiger partial charge in [-0.05, 0) is 24.5 Å². The van der Waals surface area contributed by atoms with E-state index in [0.29, 0.717) is 31.0 Å². The predicted octanol–water partition coefficient (Wildman–Crippen LogP) is 1.37. The zero-order valence-electron chi connectivity index (χ0n) is 11.9. The standard InChI is InChI=1S/C14H17F3N4O/c15-14(16,17)8-21-6-9-3-11(21)7-20(5-9)13(22)10-1-2-12(18)19-4-10/h1-2,4,9,11H,3,5-8H2,(H2,18,19). The number of carbonyl (C=O) groups excluding carboxylic acids is 1. The molecule has 2 fully saturated rings. The molecule has 5 nitrogen and oxygen atoms in total. The predicted molar refractivity (Wildman–Crippen MR) is 74.1 cm³/mol. The minimum absolute atomic E-state index is 0.104. The van der Waals surface area contributed by atoms with Crippen LogP contribution in [0.3, 0.4) is 0 Å². The zero-order valence-corrected chi connectivity index (χ0v) is 11.9. The number of hydrogen-bond donors (Lipinski definition) is 1. The van der Waals surface area contributed by atoms with Gasteiger partial charge in [-0.25, -0.2) is 4.98 Å². The van der Waals surface area contributed by atoms with E-state index < -0.39 is 12.7 Å². The Morgan fingerprint density at radius 1 is 1.32 bits per heavy atom. The van der Waals surface area contributed by atoms with Crippen molar-refractivity contribution >= 4 is 11.7 Å². The van der Waals surface area contributed by atoms with Crippen LogP contribution in [0, 0.1) is 5.92 Å². The number of piperidine rings is 1. The van der Waals surface area contributed by atoms with Gasteiger partial charge in [0.2, 0.25) is 0 Å². The number of nitrogens with two attached hydrogens (primary N) is 1. The number of rotatable bonds is 2. The van der Waals surface area contributed by atoms with Gasteiger partial charge in [0.1, 0.15) is 5.82 Å². The van der Waals surface area contributed by atoms with E-state index >= 15 is 0 Å². The van der Waals surface area contributed by atoms with Crippen molar-refractivity contribution in [3.63, 3.8) is 0 Å². The van der Waals surface area contributed by atoms with Gasteiger partial charge in [0.15, 0.2) is 0 Å². The Kier molecular flexibility index (Phi) is 3.72. The first-order valence-corrected chi connectivity index (χ1v) is 7.13. The minimum Gasteiger partial charge on any atom is -0.384 e. The molecule has 120 valence electrons. The molecule has 0 aliphatic carbocycles. The maximum atomic E-state index is 12.6. The van der Waals surface area contributed by atoms with Crippen LogP contribution in [0.1, 0.15) is 16.8 Å². The molecule has 8 heteroatoms. The number of nitrogen functional groups attached to an aromatic ring is 1. The maximum Gasteiger partial charge on any atom is 0.401 e.